The molecule has 0 radical (unpaired) electrons. The first-order chi connectivity index (χ1) is 8.40. The minimum atomic E-state index is -3.95. The highest BCUT2D eigenvalue weighted by Crippen LogP contribution is 2.23. The third-order valence-electron chi connectivity index (χ3n) is 2.29. The topological polar surface area (TPSA) is 98.2 Å². The molecule has 1 aromatic carbocycles. The fourth-order valence-corrected chi connectivity index (χ4v) is 2.69. The molecular formula is C10H10FN3O3S. The van der Waals surface area contributed by atoms with Crippen molar-refractivity contribution in [3.63, 3.8) is 0 Å². The number of nitrogen functional groups attached to an aromatic ring is 1. The lowest BCUT2D eigenvalue weighted by Gasteiger charge is -2.09. The summed E-state index contributed by atoms with van der Waals surface area (Å²) in [5.74, 6) is -0.673. The lowest BCUT2D eigenvalue weighted by Crippen LogP contribution is -2.15. The van der Waals surface area contributed by atoms with Crippen molar-refractivity contribution in [1.82, 2.24) is 5.16 Å². The quantitative estimate of drug-likeness (QED) is 0.824. The zero-order chi connectivity index (χ0) is 13.3. The summed E-state index contributed by atoms with van der Waals surface area (Å²) in [6.07, 6.45) is 1.21. The van der Waals surface area contributed by atoms with Crippen LogP contribution in [-0.4, -0.2) is 13.6 Å². The monoisotopic (exact) mass is 271 g/mol. The van der Waals surface area contributed by atoms with Crippen molar-refractivity contribution in [3.05, 3.63) is 35.8 Å². The number of rotatable bonds is 3. The highest BCUT2D eigenvalue weighted by atomic mass is 32.2. The first-order valence-corrected chi connectivity index (χ1v) is 6.37. The summed E-state index contributed by atoms with van der Waals surface area (Å²) in [4.78, 5) is -0.233. The molecule has 18 heavy (non-hydrogen) atoms. The molecule has 8 heteroatoms. The van der Waals surface area contributed by atoms with Crippen LogP contribution in [0.15, 0.2) is 33.9 Å². The van der Waals surface area contributed by atoms with Gasteiger partial charge in [-0.2, -0.15) is 0 Å². The Bertz CT molecular complexity index is 668. The Labute approximate surface area is 103 Å². The van der Waals surface area contributed by atoms with Crippen molar-refractivity contribution in [2.24, 2.45) is 0 Å². The molecule has 0 saturated heterocycles. The van der Waals surface area contributed by atoms with Crippen molar-refractivity contribution >= 4 is 21.5 Å². The standard InChI is InChI=1S/C10H10FN3O3S/c1-6-8(11)4-7(12)5-9(6)18(15,16)14-10-2-3-17-13-10/h2-5H,12H2,1H3,(H,13,14). The molecule has 0 fully saturated rings. The normalized spacial score (nSPS) is 11.4. The predicted molar refractivity (Wildman–Crippen MR) is 62.9 cm³/mol. The molecule has 0 atom stereocenters. The van der Waals surface area contributed by atoms with E-state index in [1.807, 2.05) is 0 Å². The summed E-state index contributed by atoms with van der Waals surface area (Å²) in [5.41, 5.74) is 5.44. The van der Waals surface area contributed by atoms with E-state index in [0.29, 0.717) is 0 Å². The van der Waals surface area contributed by atoms with Crippen LogP contribution in [0.1, 0.15) is 5.56 Å². The van der Waals surface area contributed by atoms with Gasteiger partial charge in [0.1, 0.15) is 12.1 Å². The second-order valence-electron chi connectivity index (χ2n) is 3.62. The molecule has 1 aromatic heterocycles. The van der Waals surface area contributed by atoms with Crippen LogP contribution in [0, 0.1) is 12.7 Å². The Balaban J connectivity index is 2.48. The molecule has 6 nitrogen and oxygen atoms in total. The third-order valence-corrected chi connectivity index (χ3v) is 3.77. The van der Waals surface area contributed by atoms with Crippen LogP contribution in [-0.2, 0) is 10.0 Å². The highest BCUT2D eigenvalue weighted by molar-refractivity contribution is 7.92. The molecule has 96 valence electrons. The number of nitrogens with two attached hydrogens (primary N) is 1. The van der Waals surface area contributed by atoms with Gasteiger partial charge in [-0.3, -0.25) is 4.72 Å². The molecule has 0 aliphatic heterocycles. The van der Waals surface area contributed by atoms with Gasteiger partial charge in [-0.05, 0) is 19.1 Å². The van der Waals surface area contributed by atoms with Crippen LogP contribution < -0.4 is 10.5 Å². The first kappa shape index (κ1) is 12.4. The summed E-state index contributed by atoms with van der Waals surface area (Å²) in [5, 5.41) is 3.41. The number of anilines is 2. The van der Waals surface area contributed by atoms with E-state index in [0.717, 1.165) is 6.07 Å². The average molecular weight is 271 g/mol. The molecule has 2 aromatic rings. The Kier molecular flexibility index (Phi) is 2.95. The lowest BCUT2D eigenvalue weighted by atomic mass is 10.2. The second kappa shape index (κ2) is 4.30. The smallest absolute Gasteiger partial charge is 0.263 e. The summed E-state index contributed by atoms with van der Waals surface area (Å²) in [6, 6.07) is 3.57. The minimum absolute atomic E-state index is 0.0113. The molecule has 2 rings (SSSR count). The zero-order valence-corrected chi connectivity index (χ0v) is 10.2. The molecule has 0 aliphatic rings. The van der Waals surface area contributed by atoms with Crippen molar-refractivity contribution in [1.29, 1.82) is 0 Å². The Hall–Kier alpha value is -2.09. The van der Waals surface area contributed by atoms with E-state index in [1.54, 1.807) is 0 Å². The summed E-state index contributed by atoms with van der Waals surface area (Å²) >= 11 is 0. The number of aromatic nitrogens is 1. The molecule has 0 amide bonds. The number of nitrogens with zero attached hydrogens (tertiary/aromatic N) is 1. The van der Waals surface area contributed by atoms with Crippen molar-refractivity contribution in [2.45, 2.75) is 11.8 Å². The number of halogens is 1. The Morgan fingerprint density at radius 3 is 2.78 bits per heavy atom. The number of sulfonamides is 1. The van der Waals surface area contributed by atoms with Crippen LogP contribution in [0.4, 0.5) is 15.9 Å². The van der Waals surface area contributed by atoms with Crippen molar-refractivity contribution in [3.8, 4) is 0 Å². The lowest BCUT2D eigenvalue weighted by molar-refractivity contribution is 0.423. The zero-order valence-electron chi connectivity index (χ0n) is 9.34. The van der Waals surface area contributed by atoms with Crippen LogP contribution in [0.5, 0.6) is 0 Å². The van der Waals surface area contributed by atoms with Gasteiger partial charge in [0.15, 0.2) is 5.82 Å². The van der Waals surface area contributed by atoms with Crippen LogP contribution in [0.3, 0.4) is 0 Å². The van der Waals surface area contributed by atoms with Crippen LogP contribution >= 0.6 is 0 Å². The van der Waals surface area contributed by atoms with E-state index < -0.39 is 15.8 Å². The van der Waals surface area contributed by atoms with Crippen molar-refractivity contribution < 1.29 is 17.3 Å². The van der Waals surface area contributed by atoms with Crippen molar-refractivity contribution in [2.75, 3.05) is 10.5 Å². The Morgan fingerprint density at radius 2 is 2.17 bits per heavy atom. The number of hydrogen-bond acceptors (Lipinski definition) is 5. The van der Waals surface area contributed by atoms with Gasteiger partial charge in [0.25, 0.3) is 10.0 Å². The summed E-state index contributed by atoms with van der Waals surface area (Å²) in [6.45, 7) is 1.35. The molecule has 0 unspecified atom stereocenters. The summed E-state index contributed by atoms with van der Waals surface area (Å²) in [7, 11) is -3.95. The largest absolute Gasteiger partial charge is 0.399 e. The van der Waals surface area contributed by atoms with Gasteiger partial charge in [0, 0.05) is 17.3 Å². The third kappa shape index (κ3) is 2.28. The van der Waals surface area contributed by atoms with Gasteiger partial charge >= 0.3 is 0 Å². The van der Waals surface area contributed by atoms with Crippen LogP contribution in [0.2, 0.25) is 0 Å². The van der Waals surface area contributed by atoms with E-state index in [1.165, 1.54) is 25.3 Å². The van der Waals surface area contributed by atoms with Gasteiger partial charge < -0.3 is 10.3 Å². The van der Waals surface area contributed by atoms with E-state index in [4.69, 9.17) is 5.73 Å². The first-order valence-electron chi connectivity index (χ1n) is 4.89. The molecule has 0 spiro atoms. The molecule has 0 aliphatic carbocycles. The molecule has 0 bridgehead atoms. The second-order valence-corrected chi connectivity index (χ2v) is 5.27. The average Bonchev–Trinajstić information content (AvgIpc) is 2.75. The van der Waals surface area contributed by atoms with Crippen LogP contribution in [0.25, 0.3) is 0 Å². The number of nitrogens with one attached hydrogen (secondary N) is 1. The van der Waals surface area contributed by atoms with E-state index >= 15 is 0 Å². The maximum absolute atomic E-state index is 13.4. The molecular weight excluding hydrogens is 261 g/mol. The SMILES string of the molecule is Cc1c(F)cc(N)cc1S(=O)(=O)Nc1ccon1. The summed E-state index contributed by atoms with van der Waals surface area (Å²) < 4.78 is 44.1. The molecule has 1 heterocycles. The van der Waals surface area contributed by atoms with E-state index in [9.17, 15) is 12.8 Å². The maximum atomic E-state index is 13.4. The van der Waals surface area contributed by atoms with Gasteiger partial charge in [0.05, 0.1) is 4.90 Å². The predicted octanol–water partition coefficient (Wildman–Crippen LogP) is 1.51. The minimum Gasteiger partial charge on any atom is -0.399 e. The molecule has 3 N–H and O–H groups in total. The maximum Gasteiger partial charge on any atom is 0.263 e. The Morgan fingerprint density at radius 1 is 1.44 bits per heavy atom. The fraction of sp³-hybridized carbons (Fsp3) is 0.100. The molecule has 0 saturated carbocycles. The van der Waals surface area contributed by atoms with Gasteiger partial charge in [-0.1, -0.05) is 5.16 Å². The van der Waals surface area contributed by atoms with E-state index in [-0.39, 0.29) is 22.0 Å². The van der Waals surface area contributed by atoms with E-state index in [2.05, 4.69) is 14.4 Å². The van der Waals surface area contributed by atoms with Gasteiger partial charge in [0.2, 0.25) is 0 Å². The van der Waals surface area contributed by atoms with Gasteiger partial charge in [-0.15, -0.1) is 0 Å². The highest BCUT2D eigenvalue weighted by Gasteiger charge is 2.20. The van der Waals surface area contributed by atoms with Gasteiger partial charge in [-0.25, -0.2) is 12.8 Å². The number of hydrogen-bond donors (Lipinski definition) is 2. The fourth-order valence-electron chi connectivity index (χ4n) is 1.41. The number of benzene rings is 1.